The van der Waals surface area contributed by atoms with Gasteiger partial charge in [-0.2, -0.15) is 4.31 Å². The second-order valence-corrected chi connectivity index (χ2v) is 9.92. The average molecular weight is 431 g/mol. The van der Waals surface area contributed by atoms with E-state index in [1.54, 1.807) is 12.1 Å². The summed E-state index contributed by atoms with van der Waals surface area (Å²) < 4.78 is 33.0. The SMILES string of the molecule is Cc1ccc(S(=O)(=O)N2CCC(NC(=O)COc3cccc(C)c3C)CC2)cc1C. The fourth-order valence-corrected chi connectivity index (χ4v) is 5.11. The van der Waals surface area contributed by atoms with E-state index in [1.165, 1.54) is 4.31 Å². The highest BCUT2D eigenvalue weighted by atomic mass is 32.2. The number of rotatable bonds is 6. The van der Waals surface area contributed by atoms with Gasteiger partial charge in [0.2, 0.25) is 10.0 Å². The molecule has 6 nitrogen and oxygen atoms in total. The van der Waals surface area contributed by atoms with Crippen LogP contribution in [-0.2, 0) is 14.8 Å². The Hall–Kier alpha value is -2.38. The number of benzene rings is 2. The quantitative estimate of drug-likeness (QED) is 0.763. The summed E-state index contributed by atoms with van der Waals surface area (Å²) in [5.74, 6) is 0.519. The van der Waals surface area contributed by atoms with Crippen LogP contribution in [0.2, 0.25) is 0 Å². The highest BCUT2D eigenvalue weighted by molar-refractivity contribution is 7.89. The standard InChI is InChI=1S/C23H30N2O4S/c1-16-8-9-21(14-18(16)3)30(27,28)25-12-10-20(11-13-25)24-23(26)15-29-22-7-5-6-17(2)19(22)4/h5-9,14,20H,10-13,15H2,1-4H3,(H,24,26). The molecule has 2 aromatic carbocycles. The number of nitrogens with zero attached hydrogens (tertiary/aromatic N) is 1. The van der Waals surface area contributed by atoms with Crippen molar-refractivity contribution in [3.05, 3.63) is 58.7 Å². The van der Waals surface area contributed by atoms with Crippen LogP contribution in [0.3, 0.4) is 0 Å². The van der Waals surface area contributed by atoms with Gasteiger partial charge in [-0.25, -0.2) is 8.42 Å². The van der Waals surface area contributed by atoms with Gasteiger partial charge in [0, 0.05) is 19.1 Å². The first-order chi connectivity index (χ1) is 14.2. The van der Waals surface area contributed by atoms with Gasteiger partial charge in [-0.1, -0.05) is 18.2 Å². The summed E-state index contributed by atoms with van der Waals surface area (Å²) in [6.45, 7) is 8.57. The summed E-state index contributed by atoms with van der Waals surface area (Å²) in [5.41, 5.74) is 4.17. The van der Waals surface area contributed by atoms with E-state index in [2.05, 4.69) is 5.32 Å². The van der Waals surface area contributed by atoms with Gasteiger partial charge >= 0.3 is 0 Å². The molecule has 1 aliphatic heterocycles. The van der Waals surface area contributed by atoms with Gasteiger partial charge in [-0.05, 0) is 81.0 Å². The molecule has 1 fully saturated rings. The van der Waals surface area contributed by atoms with Crippen LogP contribution in [0.25, 0.3) is 0 Å². The van der Waals surface area contributed by atoms with Crippen molar-refractivity contribution in [3.63, 3.8) is 0 Å². The number of nitrogens with one attached hydrogen (secondary N) is 1. The summed E-state index contributed by atoms with van der Waals surface area (Å²) in [6, 6.07) is 10.9. The number of carbonyl (C=O) groups excluding carboxylic acids is 1. The number of hydrogen-bond donors (Lipinski definition) is 1. The second kappa shape index (κ2) is 9.18. The Labute approximate surface area is 179 Å². The van der Waals surface area contributed by atoms with E-state index in [4.69, 9.17) is 4.74 Å². The smallest absolute Gasteiger partial charge is 0.258 e. The van der Waals surface area contributed by atoms with Crippen LogP contribution < -0.4 is 10.1 Å². The van der Waals surface area contributed by atoms with Gasteiger partial charge in [0.05, 0.1) is 4.90 Å². The van der Waals surface area contributed by atoms with Gasteiger partial charge in [0.15, 0.2) is 6.61 Å². The van der Waals surface area contributed by atoms with E-state index >= 15 is 0 Å². The number of aryl methyl sites for hydroxylation is 3. The maximum Gasteiger partial charge on any atom is 0.258 e. The van der Waals surface area contributed by atoms with Crippen molar-refractivity contribution in [2.75, 3.05) is 19.7 Å². The van der Waals surface area contributed by atoms with Crippen LogP contribution in [0.5, 0.6) is 5.75 Å². The maximum absolute atomic E-state index is 12.9. The number of carbonyl (C=O) groups is 1. The van der Waals surface area contributed by atoms with Crippen molar-refractivity contribution in [2.45, 2.75) is 51.5 Å². The Bertz CT molecular complexity index is 1030. The van der Waals surface area contributed by atoms with Crippen LogP contribution in [0, 0.1) is 27.7 Å². The first-order valence-corrected chi connectivity index (χ1v) is 11.7. The lowest BCUT2D eigenvalue weighted by molar-refractivity contribution is -0.124. The Morgan fingerprint density at radius 1 is 1.03 bits per heavy atom. The lowest BCUT2D eigenvalue weighted by Gasteiger charge is -2.31. The molecule has 0 aliphatic carbocycles. The third kappa shape index (κ3) is 5.02. The monoisotopic (exact) mass is 430 g/mol. The summed E-state index contributed by atoms with van der Waals surface area (Å²) in [4.78, 5) is 12.6. The molecule has 2 aromatic rings. The Kier molecular flexibility index (Phi) is 6.83. The second-order valence-electron chi connectivity index (χ2n) is 7.98. The van der Waals surface area contributed by atoms with Crippen molar-refractivity contribution < 1.29 is 17.9 Å². The fourth-order valence-electron chi connectivity index (χ4n) is 3.56. The van der Waals surface area contributed by atoms with Gasteiger partial charge in [-0.15, -0.1) is 0 Å². The molecule has 7 heteroatoms. The summed E-state index contributed by atoms with van der Waals surface area (Å²) in [7, 11) is -3.51. The molecule has 1 heterocycles. The van der Waals surface area contributed by atoms with E-state index in [0.29, 0.717) is 36.6 Å². The lowest BCUT2D eigenvalue weighted by Crippen LogP contribution is -2.47. The van der Waals surface area contributed by atoms with Crippen LogP contribution in [-0.4, -0.2) is 44.4 Å². The Morgan fingerprint density at radius 2 is 1.73 bits per heavy atom. The van der Waals surface area contributed by atoms with Crippen LogP contribution in [0.1, 0.15) is 35.1 Å². The van der Waals surface area contributed by atoms with E-state index in [0.717, 1.165) is 22.3 Å². The van der Waals surface area contributed by atoms with Gasteiger partial charge in [-0.3, -0.25) is 4.79 Å². The molecule has 3 rings (SSSR count). The molecular weight excluding hydrogens is 400 g/mol. The molecule has 0 aromatic heterocycles. The van der Waals surface area contributed by atoms with E-state index < -0.39 is 10.0 Å². The third-order valence-corrected chi connectivity index (χ3v) is 7.74. The van der Waals surface area contributed by atoms with Crippen LogP contribution >= 0.6 is 0 Å². The van der Waals surface area contributed by atoms with Gasteiger partial charge in [0.1, 0.15) is 5.75 Å². The number of sulfonamides is 1. The van der Waals surface area contributed by atoms with Crippen LogP contribution in [0.15, 0.2) is 41.3 Å². The molecule has 0 unspecified atom stereocenters. The fraction of sp³-hybridized carbons (Fsp3) is 0.435. The minimum atomic E-state index is -3.51. The summed E-state index contributed by atoms with van der Waals surface area (Å²) in [5, 5.41) is 2.97. The highest BCUT2D eigenvalue weighted by Gasteiger charge is 2.30. The number of ether oxygens (including phenoxy) is 1. The molecule has 0 atom stereocenters. The van der Waals surface area contributed by atoms with E-state index in [9.17, 15) is 13.2 Å². The first-order valence-electron chi connectivity index (χ1n) is 10.2. The molecule has 162 valence electrons. The molecule has 30 heavy (non-hydrogen) atoms. The Morgan fingerprint density at radius 3 is 2.40 bits per heavy atom. The largest absolute Gasteiger partial charge is 0.483 e. The zero-order valence-corrected chi connectivity index (χ0v) is 18.9. The molecular formula is C23H30N2O4S. The topological polar surface area (TPSA) is 75.7 Å². The molecule has 1 amide bonds. The number of piperidine rings is 1. The molecule has 1 N–H and O–H groups in total. The maximum atomic E-state index is 12.9. The molecule has 0 bridgehead atoms. The molecule has 0 spiro atoms. The van der Waals surface area contributed by atoms with Crippen molar-refractivity contribution in [3.8, 4) is 5.75 Å². The first kappa shape index (κ1) is 22.3. The Balaban J connectivity index is 1.52. The third-order valence-electron chi connectivity index (χ3n) is 5.85. The zero-order valence-electron chi connectivity index (χ0n) is 18.1. The normalized spacial score (nSPS) is 15.7. The minimum Gasteiger partial charge on any atom is -0.483 e. The minimum absolute atomic E-state index is 0.0501. The van der Waals surface area contributed by atoms with Gasteiger partial charge < -0.3 is 10.1 Å². The summed E-state index contributed by atoms with van der Waals surface area (Å²) >= 11 is 0. The lowest BCUT2D eigenvalue weighted by atomic mass is 10.1. The van der Waals surface area contributed by atoms with Crippen molar-refractivity contribution in [1.29, 1.82) is 0 Å². The van der Waals surface area contributed by atoms with Crippen LogP contribution in [0.4, 0.5) is 0 Å². The number of amides is 1. The van der Waals surface area contributed by atoms with Gasteiger partial charge in [0.25, 0.3) is 5.91 Å². The zero-order chi connectivity index (χ0) is 21.9. The predicted molar refractivity (Wildman–Crippen MR) is 117 cm³/mol. The molecule has 1 aliphatic rings. The predicted octanol–water partition coefficient (Wildman–Crippen LogP) is 3.27. The van der Waals surface area contributed by atoms with E-state index in [1.807, 2.05) is 52.0 Å². The van der Waals surface area contributed by atoms with Crippen molar-refractivity contribution >= 4 is 15.9 Å². The number of hydrogen-bond acceptors (Lipinski definition) is 4. The molecule has 0 saturated carbocycles. The van der Waals surface area contributed by atoms with E-state index in [-0.39, 0.29) is 18.6 Å². The highest BCUT2D eigenvalue weighted by Crippen LogP contribution is 2.23. The summed E-state index contributed by atoms with van der Waals surface area (Å²) in [6.07, 6.45) is 1.17. The molecule has 1 saturated heterocycles. The average Bonchev–Trinajstić information content (AvgIpc) is 2.71. The molecule has 0 radical (unpaired) electrons. The van der Waals surface area contributed by atoms with Crippen molar-refractivity contribution in [2.24, 2.45) is 0 Å². The van der Waals surface area contributed by atoms with Crippen molar-refractivity contribution in [1.82, 2.24) is 9.62 Å².